The van der Waals surface area contributed by atoms with Crippen molar-refractivity contribution < 1.29 is 26.4 Å². The van der Waals surface area contributed by atoms with E-state index in [2.05, 4.69) is 20.0 Å². The second-order valence-electron chi connectivity index (χ2n) is 9.95. The van der Waals surface area contributed by atoms with Crippen molar-refractivity contribution in [3.8, 4) is 11.3 Å². The average molecular weight is 567 g/mol. The molecule has 9 nitrogen and oxygen atoms in total. The van der Waals surface area contributed by atoms with Gasteiger partial charge in [-0.15, -0.1) is 0 Å². The fourth-order valence-electron chi connectivity index (χ4n) is 4.90. The molecule has 3 aromatic rings. The number of nitrogens with one attached hydrogen (secondary N) is 3. The van der Waals surface area contributed by atoms with E-state index in [1.807, 2.05) is 4.90 Å². The maximum atomic E-state index is 13.9. The Hall–Kier alpha value is -3.32. The summed E-state index contributed by atoms with van der Waals surface area (Å²) in [6.07, 6.45) is 10.9. The minimum atomic E-state index is -3.55. The van der Waals surface area contributed by atoms with Gasteiger partial charge in [-0.25, -0.2) is 36.1 Å². The van der Waals surface area contributed by atoms with Crippen molar-refractivity contribution in [3.63, 3.8) is 0 Å². The first-order chi connectivity index (χ1) is 18.5. The van der Waals surface area contributed by atoms with Gasteiger partial charge >= 0.3 is 6.03 Å². The molecule has 0 radical (unpaired) electrons. The Balaban J connectivity index is 0.000000212. The third-order valence-electron chi connectivity index (χ3n) is 6.89. The van der Waals surface area contributed by atoms with Crippen LogP contribution >= 0.6 is 0 Å². The Morgan fingerprint density at radius 1 is 1.08 bits per heavy atom. The number of urea groups is 1. The number of nitrogen functional groups attached to an aromatic ring is 1. The number of halogens is 3. The second kappa shape index (κ2) is 12.2. The SMILES string of the molecule is CS(=O)(=O)NCc1cc(F)c(N)nc1-c1c[nH]c2c(F)cc(F)cc12.O=C(NC1CCCCC1)N1CCCC1. The maximum absolute atomic E-state index is 13.9. The van der Waals surface area contributed by atoms with Gasteiger partial charge in [0.05, 0.1) is 17.5 Å². The summed E-state index contributed by atoms with van der Waals surface area (Å²) in [4.78, 5) is 20.3. The number of fused-ring (bicyclic) bond motifs is 1. The fraction of sp³-hybridized carbons (Fsp3) is 0.462. The average Bonchev–Trinajstić information content (AvgIpc) is 3.56. The highest BCUT2D eigenvalue weighted by Crippen LogP contribution is 2.33. The molecule has 2 aliphatic rings. The lowest BCUT2D eigenvalue weighted by Crippen LogP contribution is -2.44. The lowest BCUT2D eigenvalue weighted by atomic mass is 9.96. The number of hydrogen-bond donors (Lipinski definition) is 4. The number of sulfonamides is 1. The molecule has 0 spiro atoms. The van der Waals surface area contributed by atoms with Crippen molar-refractivity contribution in [2.75, 3.05) is 25.1 Å². The van der Waals surface area contributed by atoms with E-state index in [1.54, 1.807) is 0 Å². The van der Waals surface area contributed by atoms with Gasteiger partial charge in [0.2, 0.25) is 10.0 Å². The number of carbonyl (C=O) groups is 1. The number of nitrogens with zero attached hydrogens (tertiary/aromatic N) is 2. The number of hydrogen-bond acceptors (Lipinski definition) is 5. The van der Waals surface area contributed by atoms with Gasteiger partial charge in [-0.2, -0.15) is 0 Å². The lowest BCUT2D eigenvalue weighted by Gasteiger charge is -2.25. The summed E-state index contributed by atoms with van der Waals surface area (Å²) < 4.78 is 66.0. The third kappa shape index (κ3) is 7.41. The number of carbonyl (C=O) groups excluding carboxylic acids is 1. The first-order valence-corrected chi connectivity index (χ1v) is 14.8. The quantitative estimate of drug-likeness (QED) is 0.363. The van der Waals surface area contributed by atoms with Crippen LogP contribution in [0.1, 0.15) is 50.5 Å². The van der Waals surface area contributed by atoms with Crippen LogP contribution < -0.4 is 15.8 Å². The minimum Gasteiger partial charge on any atom is -0.381 e. The largest absolute Gasteiger partial charge is 0.381 e. The van der Waals surface area contributed by atoms with Crippen LogP contribution in [0.5, 0.6) is 0 Å². The Bertz CT molecular complexity index is 1430. The van der Waals surface area contributed by atoms with E-state index in [0.29, 0.717) is 6.04 Å². The molecule has 1 saturated heterocycles. The molecule has 2 amide bonds. The molecule has 5 N–H and O–H groups in total. The molecule has 39 heavy (non-hydrogen) atoms. The Labute approximate surface area is 225 Å². The van der Waals surface area contributed by atoms with Crippen LogP contribution in [0.4, 0.5) is 23.8 Å². The molecule has 5 rings (SSSR count). The molecule has 1 saturated carbocycles. The molecule has 2 aromatic heterocycles. The van der Waals surface area contributed by atoms with Gasteiger partial charge in [0.1, 0.15) is 11.6 Å². The number of likely N-dealkylation sites (tertiary alicyclic amines) is 1. The zero-order valence-corrected chi connectivity index (χ0v) is 22.5. The number of aromatic nitrogens is 2. The molecule has 0 unspecified atom stereocenters. The molecule has 2 fully saturated rings. The van der Waals surface area contributed by atoms with Crippen LogP contribution in [-0.4, -0.2) is 54.7 Å². The van der Waals surface area contributed by atoms with E-state index in [0.717, 1.165) is 37.5 Å². The summed E-state index contributed by atoms with van der Waals surface area (Å²) in [5.41, 5.74) is 6.10. The number of amides is 2. The van der Waals surface area contributed by atoms with Crippen LogP contribution in [-0.2, 0) is 16.6 Å². The summed E-state index contributed by atoms with van der Waals surface area (Å²) in [5.74, 6) is -2.83. The summed E-state index contributed by atoms with van der Waals surface area (Å²) in [6.45, 7) is 1.65. The summed E-state index contributed by atoms with van der Waals surface area (Å²) >= 11 is 0. The summed E-state index contributed by atoms with van der Waals surface area (Å²) in [6, 6.07) is 3.48. The number of H-pyrrole nitrogens is 1. The smallest absolute Gasteiger partial charge is 0.317 e. The highest BCUT2D eigenvalue weighted by Gasteiger charge is 2.22. The van der Waals surface area contributed by atoms with E-state index in [9.17, 15) is 26.4 Å². The number of benzene rings is 1. The second-order valence-corrected chi connectivity index (χ2v) is 11.8. The highest BCUT2D eigenvalue weighted by molar-refractivity contribution is 7.88. The monoisotopic (exact) mass is 566 g/mol. The molecule has 0 atom stereocenters. The van der Waals surface area contributed by atoms with Gasteiger partial charge in [0.25, 0.3) is 0 Å². The Morgan fingerprint density at radius 3 is 2.44 bits per heavy atom. The first kappa shape index (κ1) is 28.7. The van der Waals surface area contributed by atoms with Crippen molar-refractivity contribution in [2.24, 2.45) is 0 Å². The van der Waals surface area contributed by atoms with Crippen LogP contribution in [0.2, 0.25) is 0 Å². The number of pyridine rings is 1. The molecule has 1 aromatic carbocycles. The van der Waals surface area contributed by atoms with Gasteiger partial charge in [0, 0.05) is 48.9 Å². The number of anilines is 1. The molecular formula is C26H33F3N6O3S. The summed E-state index contributed by atoms with van der Waals surface area (Å²) in [5, 5.41) is 3.33. The van der Waals surface area contributed by atoms with E-state index in [-0.39, 0.29) is 40.3 Å². The van der Waals surface area contributed by atoms with Crippen molar-refractivity contribution in [2.45, 2.75) is 57.5 Å². The predicted molar refractivity (Wildman–Crippen MR) is 144 cm³/mol. The van der Waals surface area contributed by atoms with Crippen LogP contribution in [0.3, 0.4) is 0 Å². The minimum absolute atomic E-state index is 0.0446. The molecule has 0 bridgehead atoms. The summed E-state index contributed by atoms with van der Waals surface area (Å²) in [7, 11) is -3.55. The van der Waals surface area contributed by atoms with Crippen molar-refractivity contribution in [1.29, 1.82) is 0 Å². The van der Waals surface area contributed by atoms with Crippen LogP contribution in [0.15, 0.2) is 24.4 Å². The number of nitrogens with two attached hydrogens (primary N) is 1. The number of aromatic amines is 1. The molecule has 212 valence electrons. The van der Waals surface area contributed by atoms with Crippen LogP contribution in [0.25, 0.3) is 22.2 Å². The molecular weight excluding hydrogens is 533 g/mol. The predicted octanol–water partition coefficient (Wildman–Crippen LogP) is 4.40. The standard InChI is InChI=1S/C15H13F3N4O2S.C11H20N2O/c1-25(23,24)21-5-7-2-12(18)15(19)22-13(7)10-6-20-14-9(10)3-8(16)4-11(14)17;14-11(13-8-4-5-9-13)12-10-6-2-1-3-7-10/h2-4,6,20-21H,5H2,1H3,(H2,19,22);10H,1-9H2,(H,12,14). The van der Waals surface area contributed by atoms with Crippen LogP contribution in [0, 0.1) is 17.5 Å². The Morgan fingerprint density at radius 2 is 1.77 bits per heavy atom. The highest BCUT2D eigenvalue weighted by atomic mass is 32.2. The normalized spacial score (nSPS) is 16.3. The van der Waals surface area contributed by atoms with Gasteiger partial charge in [0.15, 0.2) is 11.6 Å². The van der Waals surface area contributed by atoms with Gasteiger partial charge in [-0.3, -0.25) is 0 Å². The first-order valence-electron chi connectivity index (χ1n) is 12.9. The van der Waals surface area contributed by atoms with E-state index < -0.39 is 33.3 Å². The van der Waals surface area contributed by atoms with E-state index in [4.69, 9.17) is 5.73 Å². The Kier molecular flexibility index (Phi) is 9.01. The maximum Gasteiger partial charge on any atom is 0.317 e. The van der Waals surface area contributed by atoms with Gasteiger partial charge in [-0.1, -0.05) is 19.3 Å². The molecule has 1 aliphatic heterocycles. The molecule has 13 heteroatoms. The fourth-order valence-corrected chi connectivity index (χ4v) is 5.32. The topological polar surface area (TPSA) is 133 Å². The van der Waals surface area contributed by atoms with Gasteiger partial charge < -0.3 is 20.9 Å². The lowest BCUT2D eigenvalue weighted by molar-refractivity contribution is 0.200. The van der Waals surface area contributed by atoms with E-state index >= 15 is 0 Å². The van der Waals surface area contributed by atoms with Crippen molar-refractivity contribution in [1.82, 2.24) is 24.9 Å². The zero-order chi connectivity index (χ0) is 28.2. The third-order valence-corrected chi connectivity index (χ3v) is 7.56. The van der Waals surface area contributed by atoms with Crippen molar-refractivity contribution >= 4 is 32.8 Å². The molecule has 3 heterocycles. The molecule has 1 aliphatic carbocycles. The van der Waals surface area contributed by atoms with E-state index in [1.165, 1.54) is 51.1 Å². The van der Waals surface area contributed by atoms with Crippen molar-refractivity contribution in [3.05, 3.63) is 47.4 Å². The van der Waals surface area contributed by atoms with Gasteiger partial charge in [-0.05, 0) is 43.4 Å². The zero-order valence-electron chi connectivity index (χ0n) is 21.7. The number of rotatable bonds is 5.